The molecule has 1 aromatic heterocycles. The molecule has 0 unspecified atom stereocenters. The molecule has 78 valence electrons. The summed E-state index contributed by atoms with van der Waals surface area (Å²) in [5.41, 5.74) is 6.00. The normalized spacial score (nSPS) is 10.0. The summed E-state index contributed by atoms with van der Waals surface area (Å²) in [5, 5.41) is 4.10. The van der Waals surface area contributed by atoms with Gasteiger partial charge < -0.3 is 15.4 Å². The standard InChI is InChI=1S/C8H14N4O2/c1-11(2)7-5(8(13)14-4)6(9)12(3)10-7/h9H2,1-4H3. The molecule has 6 nitrogen and oxygen atoms in total. The monoisotopic (exact) mass is 198 g/mol. The number of carbonyl (C=O) groups excluding carboxylic acids is 1. The molecule has 14 heavy (non-hydrogen) atoms. The van der Waals surface area contributed by atoms with E-state index in [-0.39, 0.29) is 0 Å². The van der Waals surface area contributed by atoms with Crippen molar-refractivity contribution in [2.45, 2.75) is 0 Å². The molecule has 0 fully saturated rings. The van der Waals surface area contributed by atoms with Crippen LogP contribution < -0.4 is 10.6 Å². The molecule has 0 radical (unpaired) electrons. The minimum absolute atomic E-state index is 0.306. The second kappa shape index (κ2) is 3.57. The molecule has 0 spiro atoms. The van der Waals surface area contributed by atoms with Gasteiger partial charge in [-0.05, 0) is 0 Å². The Morgan fingerprint density at radius 3 is 2.57 bits per heavy atom. The highest BCUT2D eigenvalue weighted by atomic mass is 16.5. The van der Waals surface area contributed by atoms with Gasteiger partial charge in [0, 0.05) is 21.1 Å². The van der Waals surface area contributed by atoms with Crippen molar-refractivity contribution in [3.63, 3.8) is 0 Å². The van der Waals surface area contributed by atoms with Gasteiger partial charge in [-0.25, -0.2) is 4.79 Å². The highest BCUT2D eigenvalue weighted by Gasteiger charge is 2.22. The number of aryl methyl sites for hydroxylation is 1. The predicted octanol–water partition coefficient (Wildman–Crippen LogP) is -0.145. The van der Waals surface area contributed by atoms with Crippen molar-refractivity contribution in [2.24, 2.45) is 7.05 Å². The average molecular weight is 198 g/mol. The molecule has 1 aromatic rings. The Bertz CT molecular complexity index is 356. The third kappa shape index (κ3) is 1.50. The number of esters is 1. The van der Waals surface area contributed by atoms with Gasteiger partial charge in [-0.3, -0.25) is 4.68 Å². The van der Waals surface area contributed by atoms with E-state index in [0.29, 0.717) is 17.2 Å². The van der Waals surface area contributed by atoms with E-state index in [2.05, 4.69) is 9.84 Å². The van der Waals surface area contributed by atoms with Crippen LogP contribution in [0.1, 0.15) is 10.4 Å². The van der Waals surface area contributed by atoms with E-state index < -0.39 is 5.97 Å². The zero-order valence-electron chi connectivity index (χ0n) is 8.74. The first-order chi connectivity index (χ1) is 6.49. The number of carbonyl (C=O) groups is 1. The van der Waals surface area contributed by atoms with E-state index in [9.17, 15) is 4.79 Å². The summed E-state index contributed by atoms with van der Waals surface area (Å²) in [5.74, 6) is 0.344. The molecular weight excluding hydrogens is 184 g/mol. The van der Waals surface area contributed by atoms with Crippen LogP contribution in [0.3, 0.4) is 0 Å². The van der Waals surface area contributed by atoms with Gasteiger partial charge >= 0.3 is 5.97 Å². The zero-order valence-corrected chi connectivity index (χ0v) is 8.74. The van der Waals surface area contributed by atoms with E-state index in [0.717, 1.165) is 0 Å². The van der Waals surface area contributed by atoms with Crippen molar-refractivity contribution in [3.05, 3.63) is 5.56 Å². The van der Waals surface area contributed by atoms with Gasteiger partial charge in [0.2, 0.25) is 0 Å². The van der Waals surface area contributed by atoms with Gasteiger partial charge in [0.15, 0.2) is 5.82 Å². The van der Waals surface area contributed by atoms with E-state index in [4.69, 9.17) is 5.73 Å². The van der Waals surface area contributed by atoms with Crippen molar-refractivity contribution in [2.75, 3.05) is 31.8 Å². The average Bonchev–Trinajstić information content (AvgIpc) is 2.43. The fraction of sp³-hybridized carbons (Fsp3) is 0.500. The Hall–Kier alpha value is -1.72. The van der Waals surface area contributed by atoms with Gasteiger partial charge in [-0.1, -0.05) is 0 Å². The Balaban J connectivity index is 3.30. The number of ether oxygens (including phenoxy) is 1. The molecule has 2 N–H and O–H groups in total. The molecule has 0 aliphatic heterocycles. The lowest BCUT2D eigenvalue weighted by Crippen LogP contribution is -2.14. The van der Waals surface area contributed by atoms with Crippen LogP contribution in [-0.4, -0.2) is 37.0 Å². The van der Waals surface area contributed by atoms with Crippen LogP contribution in [-0.2, 0) is 11.8 Å². The SMILES string of the molecule is COC(=O)c1c(N(C)C)nn(C)c1N. The molecule has 1 rings (SSSR count). The summed E-state index contributed by atoms with van der Waals surface area (Å²) >= 11 is 0. The minimum Gasteiger partial charge on any atom is -0.465 e. The lowest BCUT2D eigenvalue weighted by molar-refractivity contribution is 0.0602. The molecular formula is C8H14N4O2. The third-order valence-electron chi connectivity index (χ3n) is 1.89. The number of anilines is 2. The summed E-state index contributed by atoms with van der Waals surface area (Å²) < 4.78 is 6.07. The summed E-state index contributed by atoms with van der Waals surface area (Å²) in [7, 11) is 6.56. The first kappa shape index (κ1) is 10.4. The summed E-state index contributed by atoms with van der Waals surface area (Å²) in [6.07, 6.45) is 0. The number of methoxy groups -OCH3 is 1. The van der Waals surface area contributed by atoms with Crippen molar-refractivity contribution in [1.82, 2.24) is 9.78 Å². The first-order valence-corrected chi connectivity index (χ1v) is 4.07. The maximum absolute atomic E-state index is 11.4. The molecule has 6 heteroatoms. The number of nitrogen functional groups attached to an aromatic ring is 1. The number of nitrogens with zero attached hydrogens (tertiary/aromatic N) is 3. The molecule has 0 atom stereocenters. The summed E-state index contributed by atoms with van der Waals surface area (Å²) in [4.78, 5) is 13.1. The van der Waals surface area contributed by atoms with Gasteiger partial charge in [0.25, 0.3) is 0 Å². The van der Waals surface area contributed by atoms with Crippen LogP contribution in [0.25, 0.3) is 0 Å². The Kier molecular flexibility index (Phi) is 2.64. The maximum Gasteiger partial charge on any atom is 0.345 e. The van der Waals surface area contributed by atoms with Crippen LogP contribution in [0.4, 0.5) is 11.6 Å². The van der Waals surface area contributed by atoms with Crippen molar-refractivity contribution < 1.29 is 9.53 Å². The highest BCUT2D eigenvalue weighted by Crippen LogP contribution is 2.23. The fourth-order valence-corrected chi connectivity index (χ4v) is 1.13. The van der Waals surface area contributed by atoms with Gasteiger partial charge in [0.1, 0.15) is 11.4 Å². The highest BCUT2D eigenvalue weighted by molar-refractivity contribution is 5.99. The van der Waals surface area contributed by atoms with Crippen molar-refractivity contribution >= 4 is 17.6 Å². The predicted molar refractivity (Wildman–Crippen MR) is 53.3 cm³/mol. The van der Waals surface area contributed by atoms with Crippen LogP contribution in [0, 0.1) is 0 Å². The van der Waals surface area contributed by atoms with Gasteiger partial charge in [-0.2, -0.15) is 5.10 Å². The van der Waals surface area contributed by atoms with Gasteiger partial charge in [0.05, 0.1) is 7.11 Å². The molecule has 0 aliphatic rings. The number of hydrogen-bond acceptors (Lipinski definition) is 5. The van der Waals surface area contributed by atoms with Crippen molar-refractivity contribution in [3.8, 4) is 0 Å². The molecule has 0 amide bonds. The van der Waals surface area contributed by atoms with E-state index in [1.54, 1.807) is 26.0 Å². The second-order valence-corrected chi connectivity index (χ2v) is 3.09. The zero-order chi connectivity index (χ0) is 10.9. The molecule has 0 aromatic carbocycles. The number of aromatic nitrogens is 2. The summed E-state index contributed by atoms with van der Waals surface area (Å²) in [6, 6.07) is 0. The number of nitrogens with two attached hydrogens (primary N) is 1. The number of rotatable bonds is 2. The van der Waals surface area contributed by atoms with Gasteiger partial charge in [-0.15, -0.1) is 0 Å². The van der Waals surface area contributed by atoms with Crippen LogP contribution in [0.5, 0.6) is 0 Å². The first-order valence-electron chi connectivity index (χ1n) is 4.07. The Labute approximate surface area is 82.2 Å². The number of hydrogen-bond donors (Lipinski definition) is 1. The fourth-order valence-electron chi connectivity index (χ4n) is 1.13. The smallest absolute Gasteiger partial charge is 0.345 e. The van der Waals surface area contributed by atoms with E-state index in [1.807, 2.05) is 0 Å². The second-order valence-electron chi connectivity index (χ2n) is 3.09. The quantitative estimate of drug-likeness (QED) is 0.669. The molecule has 1 heterocycles. The molecule has 0 saturated heterocycles. The summed E-state index contributed by atoms with van der Waals surface area (Å²) in [6.45, 7) is 0. The lowest BCUT2D eigenvalue weighted by Gasteiger charge is -2.09. The molecule has 0 saturated carbocycles. The largest absolute Gasteiger partial charge is 0.465 e. The molecule has 0 aliphatic carbocycles. The van der Waals surface area contributed by atoms with Crippen LogP contribution in [0.2, 0.25) is 0 Å². The Morgan fingerprint density at radius 1 is 1.57 bits per heavy atom. The Morgan fingerprint density at radius 2 is 2.14 bits per heavy atom. The lowest BCUT2D eigenvalue weighted by atomic mass is 10.3. The van der Waals surface area contributed by atoms with Crippen LogP contribution >= 0.6 is 0 Å². The van der Waals surface area contributed by atoms with E-state index >= 15 is 0 Å². The maximum atomic E-state index is 11.4. The topological polar surface area (TPSA) is 73.4 Å². The minimum atomic E-state index is -0.473. The van der Waals surface area contributed by atoms with Crippen molar-refractivity contribution in [1.29, 1.82) is 0 Å². The third-order valence-corrected chi connectivity index (χ3v) is 1.89. The van der Waals surface area contributed by atoms with Crippen LogP contribution in [0.15, 0.2) is 0 Å². The van der Waals surface area contributed by atoms with E-state index in [1.165, 1.54) is 11.8 Å². The molecule has 0 bridgehead atoms.